The molecule has 0 aromatic carbocycles. The van der Waals surface area contributed by atoms with Gasteiger partial charge in [-0.15, -0.1) is 0 Å². The summed E-state index contributed by atoms with van der Waals surface area (Å²) in [5.41, 5.74) is 5.79. The van der Waals surface area contributed by atoms with Crippen LogP contribution in [0.1, 0.15) is 12.6 Å². The number of aromatic amines is 1. The van der Waals surface area contributed by atoms with E-state index in [1.54, 1.807) is 13.8 Å². The fraction of sp³-hybridized carbons (Fsp3) is 0.500. The van der Waals surface area contributed by atoms with E-state index in [0.717, 1.165) is 0 Å². The van der Waals surface area contributed by atoms with Crippen LogP contribution in [-0.4, -0.2) is 36.2 Å². The van der Waals surface area contributed by atoms with Gasteiger partial charge in [-0.3, -0.25) is 5.10 Å². The lowest BCUT2D eigenvalue weighted by atomic mass is 10.2. The van der Waals surface area contributed by atoms with Crippen molar-refractivity contribution >= 4 is 15.9 Å². The summed E-state index contributed by atoms with van der Waals surface area (Å²) in [6.07, 6.45) is 1.23. The second-order valence-corrected chi connectivity index (χ2v) is 5.37. The molecule has 1 rings (SSSR count). The van der Waals surface area contributed by atoms with Crippen LogP contribution in [0.25, 0.3) is 0 Å². The van der Waals surface area contributed by atoms with E-state index in [-0.39, 0.29) is 17.3 Å². The van der Waals surface area contributed by atoms with Crippen LogP contribution >= 0.6 is 0 Å². The zero-order chi connectivity index (χ0) is 13.1. The summed E-state index contributed by atoms with van der Waals surface area (Å²) in [5.74, 6) is -0.432. The van der Waals surface area contributed by atoms with Gasteiger partial charge in [0.2, 0.25) is 10.0 Å². The Kier molecular flexibility index (Phi) is 4.07. The summed E-state index contributed by atoms with van der Waals surface area (Å²) in [6, 6.07) is 0. The number of oxime groups is 1. The van der Waals surface area contributed by atoms with Gasteiger partial charge in [0, 0.05) is 12.5 Å². The van der Waals surface area contributed by atoms with Crippen molar-refractivity contribution in [3.8, 4) is 0 Å². The number of hydrogen-bond donors (Lipinski definition) is 4. The molecule has 0 saturated carbocycles. The summed E-state index contributed by atoms with van der Waals surface area (Å²) in [4.78, 5) is 0.0872. The SMILES string of the molecule is Cc1[nH]ncc1S(=O)(=O)NCC(C)C(N)=NO. The van der Waals surface area contributed by atoms with Crippen molar-refractivity contribution in [3.05, 3.63) is 11.9 Å². The Morgan fingerprint density at radius 3 is 2.88 bits per heavy atom. The predicted molar refractivity (Wildman–Crippen MR) is 61.1 cm³/mol. The summed E-state index contributed by atoms with van der Waals surface area (Å²) in [7, 11) is -3.62. The molecule has 0 fully saturated rings. The van der Waals surface area contributed by atoms with Gasteiger partial charge in [0.15, 0.2) is 0 Å². The van der Waals surface area contributed by atoms with Gasteiger partial charge >= 0.3 is 0 Å². The maximum atomic E-state index is 11.8. The highest BCUT2D eigenvalue weighted by Crippen LogP contribution is 2.10. The Hall–Kier alpha value is -1.61. The molecule has 1 heterocycles. The number of hydrogen-bond acceptors (Lipinski definition) is 5. The smallest absolute Gasteiger partial charge is 0.243 e. The number of nitrogens with one attached hydrogen (secondary N) is 2. The zero-order valence-electron chi connectivity index (χ0n) is 9.51. The largest absolute Gasteiger partial charge is 0.409 e. The lowest BCUT2D eigenvalue weighted by Gasteiger charge is -2.10. The van der Waals surface area contributed by atoms with Crippen LogP contribution in [0.5, 0.6) is 0 Å². The number of H-pyrrole nitrogens is 1. The molecule has 1 atom stereocenters. The minimum absolute atomic E-state index is 0.0309. The van der Waals surface area contributed by atoms with E-state index in [1.807, 2.05) is 0 Å². The molecule has 0 amide bonds. The van der Waals surface area contributed by atoms with Gasteiger partial charge in [-0.1, -0.05) is 12.1 Å². The average Bonchev–Trinajstić information content (AvgIpc) is 2.72. The Morgan fingerprint density at radius 2 is 2.41 bits per heavy atom. The average molecular weight is 261 g/mol. The number of aromatic nitrogens is 2. The molecule has 1 aromatic heterocycles. The van der Waals surface area contributed by atoms with Gasteiger partial charge < -0.3 is 10.9 Å². The molecule has 1 aromatic rings. The summed E-state index contributed by atoms with van der Waals surface area (Å²) in [6.45, 7) is 3.29. The predicted octanol–water partition coefficient (Wildman–Crippen LogP) is -0.621. The minimum atomic E-state index is -3.62. The van der Waals surface area contributed by atoms with Gasteiger partial charge in [-0.2, -0.15) is 5.10 Å². The molecule has 9 heteroatoms. The molecule has 0 aliphatic rings. The van der Waals surface area contributed by atoms with Crippen molar-refractivity contribution in [1.29, 1.82) is 0 Å². The Morgan fingerprint density at radius 1 is 1.76 bits per heavy atom. The third-order valence-electron chi connectivity index (χ3n) is 2.27. The third kappa shape index (κ3) is 3.17. The van der Waals surface area contributed by atoms with Crippen molar-refractivity contribution < 1.29 is 13.6 Å². The van der Waals surface area contributed by atoms with Crippen LogP contribution in [0.3, 0.4) is 0 Å². The molecule has 8 nitrogen and oxygen atoms in total. The summed E-state index contributed by atoms with van der Waals surface area (Å²) < 4.78 is 26.0. The normalized spacial score (nSPS) is 14.8. The Balaban J connectivity index is 2.73. The third-order valence-corrected chi connectivity index (χ3v) is 3.81. The number of nitrogens with two attached hydrogens (primary N) is 1. The number of aryl methyl sites for hydroxylation is 1. The van der Waals surface area contributed by atoms with Gasteiger partial charge in [-0.25, -0.2) is 13.1 Å². The van der Waals surface area contributed by atoms with Crippen molar-refractivity contribution in [1.82, 2.24) is 14.9 Å². The Labute approximate surface area is 98.9 Å². The molecule has 0 saturated heterocycles. The van der Waals surface area contributed by atoms with Gasteiger partial charge in [0.1, 0.15) is 10.7 Å². The molecular formula is C8H15N5O3S. The molecule has 0 bridgehead atoms. The van der Waals surface area contributed by atoms with E-state index >= 15 is 0 Å². The summed E-state index contributed by atoms with van der Waals surface area (Å²) in [5, 5.41) is 17.4. The molecule has 17 heavy (non-hydrogen) atoms. The molecule has 0 radical (unpaired) electrons. The van der Waals surface area contributed by atoms with Gasteiger partial charge in [0.05, 0.1) is 11.9 Å². The fourth-order valence-corrected chi connectivity index (χ4v) is 2.39. The van der Waals surface area contributed by atoms with Crippen LogP contribution < -0.4 is 10.5 Å². The second-order valence-electron chi connectivity index (χ2n) is 3.64. The first-order chi connectivity index (χ1) is 7.88. The van der Waals surface area contributed by atoms with Gasteiger partial charge in [-0.05, 0) is 6.92 Å². The van der Waals surface area contributed by atoms with Crippen molar-refractivity contribution in [3.63, 3.8) is 0 Å². The maximum absolute atomic E-state index is 11.8. The molecule has 96 valence electrons. The Bertz CT molecular complexity index is 507. The van der Waals surface area contributed by atoms with Crippen LogP contribution in [0.15, 0.2) is 16.2 Å². The minimum Gasteiger partial charge on any atom is -0.409 e. The van der Waals surface area contributed by atoms with Crippen LogP contribution in [0.2, 0.25) is 0 Å². The van der Waals surface area contributed by atoms with E-state index in [4.69, 9.17) is 10.9 Å². The molecule has 0 aliphatic carbocycles. The standard InChI is InChI=1S/C8H15N5O3S/c1-5(8(9)13-14)3-11-17(15,16)7-4-10-12-6(7)2/h4-5,11,14H,3H2,1-2H3,(H2,9,13)(H,10,12). The molecule has 0 spiro atoms. The fourth-order valence-electron chi connectivity index (χ4n) is 1.13. The van der Waals surface area contributed by atoms with E-state index in [1.165, 1.54) is 6.20 Å². The molecule has 5 N–H and O–H groups in total. The number of nitrogens with zero attached hydrogens (tertiary/aromatic N) is 2. The van der Waals surface area contributed by atoms with Gasteiger partial charge in [0.25, 0.3) is 0 Å². The molecular weight excluding hydrogens is 246 g/mol. The maximum Gasteiger partial charge on any atom is 0.243 e. The van der Waals surface area contributed by atoms with Crippen molar-refractivity contribution in [2.24, 2.45) is 16.8 Å². The van der Waals surface area contributed by atoms with Crippen molar-refractivity contribution in [2.45, 2.75) is 18.7 Å². The van der Waals surface area contributed by atoms with E-state index in [9.17, 15) is 8.42 Å². The first-order valence-electron chi connectivity index (χ1n) is 4.85. The first kappa shape index (κ1) is 13.5. The number of sulfonamides is 1. The quantitative estimate of drug-likeness (QED) is 0.242. The van der Waals surface area contributed by atoms with E-state index in [0.29, 0.717) is 5.69 Å². The van der Waals surface area contributed by atoms with E-state index < -0.39 is 15.9 Å². The van der Waals surface area contributed by atoms with Crippen molar-refractivity contribution in [2.75, 3.05) is 6.54 Å². The second kappa shape index (κ2) is 5.15. The highest BCUT2D eigenvalue weighted by molar-refractivity contribution is 7.89. The zero-order valence-corrected chi connectivity index (χ0v) is 10.3. The topological polar surface area (TPSA) is 133 Å². The summed E-state index contributed by atoms with van der Waals surface area (Å²) >= 11 is 0. The highest BCUT2D eigenvalue weighted by Gasteiger charge is 2.20. The monoisotopic (exact) mass is 261 g/mol. The number of amidine groups is 1. The highest BCUT2D eigenvalue weighted by atomic mass is 32.2. The van der Waals surface area contributed by atoms with Crippen LogP contribution in [0, 0.1) is 12.8 Å². The van der Waals surface area contributed by atoms with Crippen LogP contribution in [0.4, 0.5) is 0 Å². The lowest BCUT2D eigenvalue weighted by Crippen LogP contribution is -2.34. The van der Waals surface area contributed by atoms with Crippen LogP contribution in [-0.2, 0) is 10.0 Å². The first-order valence-corrected chi connectivity index (χ1v) is 6.34. The molecule has 1 unspecified atom stereocenters. The number of rotatable bonds is 5. The lowest BCUT2D eigenvalue weighted by molar-refractivity contribution is 0.314. The molecule has 0 aliphatic heterocycles. The van der Waals surface area contributed by atoms with E-state index in [2.05, 4.69) is 20.1 Å².